The lowest BCUT2D eigenvalue weighted by molar-refractivity contribution is 0.252. The van der Waals surface area contributed by atoms with Crippen molar-refractivity contribution >= 4 is 23.0 Å². The Morgan fingerprint density at radius 1 is 1.28 bits per heavy atom. The predicted octanol–water partition coefficient (Wildman–Crippen LogP) is 3.27. The maximum atomic E-state index is 11.8. The molecule has 0 aliphatic heterocycles. The number of phenols is 1. The van der Waals surface area contributed by atoms with Gasteiger partial charge in [-0.2, -0.15) is 5.10 Å². The number of methoxy groups -OCH3 is 1. The number of phenolic OH excluding ortho intramolecular Hbond substituents is 1. The van der Waals surface area contributed by atoms with Crippen molar-refractivity contribution in [3.8, 4) is 28.3 Å². The molecule has 29 heavy (non-hydrogen) atoms. The normalized spacial score (nSPS) is 10.8. The third-order valence-corrected chi connectivity index (χ3v) is 4.41. The van der Waals surface area contributed by atoms with E-state index in [9.17, 15) is 9.90 Å². The summed E-state index contributed by atoms with van der Waals surface area (Å²) in [7, 11) is 1.50. The van der Waals surface area contributed by atoms with Gasteiger partial charge in [-0.3, -0.25) is 5.32 Å². The fourth-order valence-electron chi connectivity index (χ4n) is 3.09. The number of urea groups is 1. The standard InChI is InChI=1S/C20H20N6O3/c1-3-21-20(28)25-19-23-14-9-13(12-5-6-17(29-2)16(27)11-12)10-15(18(14)24-19)26-8-4-7-22-26/h4-11,27H,3H2,1-2H3,(H3,21,23,24,25,28). The van der Waals surface area contributed by atoms with Crippen LogP contribution in [0, 0.1) is 0 Å². The Morgan fingerprint density at radius 2 is 2.14 bits per heavy atom. The first-order valence-corrected chi connectivity index (χ1v) is 9.05. The molecule has 2 aromatic carbocycles. The van der Waals surface area contributed by atoms with E-state index in [4.69, 9.17) is 4.74 Å². The zero-order valence-electron chi connectivity index (χ0n) is 15.9. The van der Waals surface area contributed by atoms with E-state index in [2.05, 4.69) is 25.7 Å². The quantitative estimate of drug-likeness (QED) is 0.416. The third kappa shape index (κ3) is 3.57. The molecule has 0 saturated carbocycles. The van der Waals surface area contributed by atoms with Gasteiger partial charge in [0.05, 0.1) is 23.8 Å². The minimum absolute atomic E-state index is 0.0476. The Bertz CT molecular complexity index is 1170. The molecule has 0 saturated heterocycles. The lowest BCUT2D eigenvalue weighted by Crippen LogP contribution is -2.28. The van der Waals surface area contributed by atoms with Gasteiger partial charge in [-0.25, -0.2) is 14.5 Å². The van der Waals surface area contributed by atoms with E-state index in [0.717, 1.165) is 22.3 Å². The number of imidazole rings is 1. The summed E-state index contributed by atoms with van der Waals surface area (Å²) >= 11 is 0. The molecule has 2 heterocycles. The van der Waals surface area contributed by atoms with Gasteiger partial charge in [0.2, 0.25) is 5.95 Å². The van der Waals surface area contributed by atoms with Crippen LogP contribution in [0.1, 0.15) is 6.92 Å². The number of hydrogen-bond donors (Lipinski definition) is 4. The topological polar surface area (TPSA) is 117 Å². The first kappa shape index (κ1) is 18.4. The molecule has 9 heteroatoms. The van der Waals surface area contributed by atoms with Crippen LogP contribution in [0.25, 0.3) is 27.8 Å². The zero-order chi connectivity index (χ0) is 20.4. The Labute approximate surface area is 166 Å². The van der Waals surface area contributed by atoms with Gasteiger partial charge < -0.3 is 20.1 Å². The molecule has 0 atom stereocenters. The van der Waals surface area contributed by atoms with Gasteiger partial charge in [0, 0.05) is 18.9 Å². The van der Waals surface area contributed by atoms with Crippen LogP contribution in [0.5, 0.6) is 11.5 Å². The molecular weight excluding hydrogens is 372 g/mol. The van der Waals surface area contributed by atoms with Gasteiger partial charge in [-0.1, -0.05) is 6.07 Å². The second kappa shape index (κ2) is 7.55. The van der Waals surface area contributed by atoms with E-state index in [1.165, 1.54) is 7.11 Å². The van der Waals surface area contributed by atoms with Crippen molar-refractivity contribution in [3.63, 3.8) is 0 Å². The number of ether oxygens (including phenoxy) is 1. The molecule has 9 nitrogen and oxygen atoms in total. The number of rotatable bonds is 5. The molecule has 4 rings (SSSR count). The van der Waals surface area contributed by atoms with Gasteiger partial charge in [-0.15, -0.1) is 0 Å². The summed E-state index contributed by atoms with van der Waals surface area (Å²) in [6.45, 7) is 2.35. The van der Waals surface area contributed by atoms with Crippen molar-refractivity contribution in [1.82, 2.24) is 25.1 Å². The van der Waals surface area contributed by atoms with Gasteiger partial charge in [0.15, 0.2) is 11.5 Å². The fourth-order valence-corrected chi connectivity index (χ4v) is 3.09. The number of benzene rings is 2. The molecule has 0 bridgehead atoms. The van der Waals surface area contributed by atoms with E-state index < -0.39 is 0 Å². The number of H-pyrrole nitrogens is 1. The maximum Gasteiger partial charge on any atom is 0.321 e. The number of hydrogen-bond acceptors (Lipinski definition) is 5. The van der Waals surface area contributed by atoms with E-state index in [1.54, 1.807) is 23.0 Å². The van der Waals surface area contributed by atoms with Crippen molar-refractivity contribution in [2.45, 2.75) is 6.92 Å². The average molecular weight is 392 g/mol. The molecule has 148 valence electrons. The molecule has 4 aromatic rings. The van der Waals surface area contributed by atoms with E-state index >= 15 is 0 Å². The third-order valence-electron chi connectivity index (χ3n) is 4.41. The molecule has 0 aliphatic rings. The average Bonchev–Trinajstić information content (AvgIpc) is 3.36. The second-order valence-electron chi connectivity index (χ2n) is 6.30. The van der Waals surface area contributed by atoms with Crippen molar-refractivity contribution in [1.29, 1.82) is 0 Å². The lowest BCUT2D eigenvalue weighted by atomic mass is 10.0. The van der Waals surface area contributed by atoms with Crippen LogP contribution in [0.2, 0.25) is 0 Å². The van der Waals surface area contributed by atoms with Gasteiger partial charge in [0.25, 0.3) is 0 Å². The highest BCUT2D eigenvalue weighted by Gasteiger charge is 2.14. The SMILES string of the molecule is CCNC(=O)Nc1nc2cc(-c3ccc(OC)c(O)c3)cc(-n3cccn3)c2[nH]1. The number of aromatic amines is 1. The van der Waals surface area contributed by atoms with Crippen molar-refractivity contribution in [2.24, 2.45) is 0 Å². The first-order valence-electron chi connectivity index (χ1n) is 9.05. The molecule has 0 fully saturated rings. The van der Waals surface area contributed by atoms with Gasteiger partial charge in [-0.05, 0) is 48.4 Å². The van der Waals surface area contributed by atoms with Crippen LogP contribution in [0.4, 0.5) is 10.7 Å². The van der Waals surface area contributed by atoms with Crippen LogP contribution in [0.3, 0.4) is 0 Å². The van der Waals surface area contributed by atoms with E-state index in [-0.39, 0.29) is 11.8 Å². The number of carbonyl (C=O) groups is 1. The maximum absolute atomic E-state index is 11.8. The summed E-state index contributed by atoms with van der Waals surface area (Å²) in [6.07, 6.45) is 3.50. The fraction of sp³-hybridized carbons (Fsp3) is 0.150. The molecule has 0 radical (unpaired) electrons. The monoisotopic (exact) mass is 392 g/mol. The van der Waals surface area contributed by atoms with Gasteiger partial charge >= 0.3 is 6.03 Å². The predicted molar refractivity (Wildman–Crippen MR) is 110 cm³/mol. The summed E-state index contributed by atoms with van der Waals surface area (Å²) in [4.78, 5) is 19.5. The minimum Gasteiger partial charge on any atom is -0.504 e. The molecule has 0 spiro atoms. The minimum atomic E-state index is -0.340. The molecular formula is C20H20N6O3. The smallest absolute Gasteiger partial charge is 0.321 e. The number of anilines is 1. The summed E-state index contributed by atoms with van der Waals surface area (Å²) in [5.41, 5.74) is 3.75. The Hall–Kier alpha value is -4.01. The van der Waals surface area contributed by atoms with Crippen molar-refractivity contribution < 1.29 is 14.6 Å². The Balaban J connectivity index is 1.84. The highest BCUT2D eigenvalue weighted by Crippen LogP contribution is 2.34. The highest BCUT2D eigenvalue weighted by atomic mass is 16.5. The summed E-state index contributed by atoms with van der Waals surface area (Å²) in [5.74, 6) is 0.774. The molecule has 2 amide bonds. The Kier molecular flexibility index (Phi) is 4.78. The summed E-state index contributed by atoms with van der Waals surface area (Å²) < 4.78 is 6.83. The summed E-state index contributed by atoms with van der Waals surface area (Å²) in [5, 5.41) is 19.8. The molecule has 0 unspecified atom stereocenters. The van der Waals surface area contributed by atoms with Crippen molar-refractivity contribution in [3.05, 3.63) is 48.8 Å². The number of carbonyl (C=O) groups excluding carboxylic acids is 1. The van der Waals surface area contributed by atoms with Crippen LogP contribution in [-0.4, -0.2) is 44.5 Å². The number of aromatic nitrogens is 4. The van der Waals surface area contributed by atoms with Crippen LogP contribution < -0.4 is 15.4 Å². The number of fused-ring (bicyclic) bond motifs is 1. The van der Waals surface area contributed by atoms with Crippen LogP contribution in [-0.2, 0) is 0 Å². The van der Waals surface area contributed by atoms with Crippen molar-refractivity contribution in [2.75, 3.05) is 19.0 Å². The Morgan fingerprint density at radius 3 is 2.83 bits per heavy atom. The number of nitrogens with one attached hydrogen (secondary N) is 3. The number of nitrogens with zero attached hydrogens (tertiary/aromatic N) is 3. The van der Waals surface area contributed by atoms with E-state index in [0.29, 0.717) is 23.8 Å². The molecule has 0 aliphatic carbocycles. The second-order valence-corrected chi connectivity index (χ2v) is 6.30. The van der Waals surface area contributed by atoms with E-state index in [1.807, 2.05) is 37.4 Å². The summed E-state index contributed by atoms with van der Waals surface area (Å²) in [6, 6.07) is 10.5. The van der Waals surface area contributed by atoms with Gasteiger partial charge in [0.1, 0.15) is 0 Å². The lowest BCUT2D eigenvalue weighted by Gasteiger charge is -2.09. The zero-order valence-corrected chi connectivity index (χ0v) is 15.9. The number of aromatic hydroxyl groups is 1. The van der Waals surface area contributed by atoms with Crippen LogP contribution >= 0.6 is 0 Å². The largest absolute Gasteiger partial charge is 0.504 e. The van der Waals surface area contributed by atoms with Crippen LogP contribution in [0.15, 0.2) is 48.8 Å². The molecule has 2 aromatic heterocycles. The number of amides is 2. The highest BCUT2D eigenvalue weighted by molar-refractivity contribution is 5.94. The first-order chi connectivity index (χ1) is 14.1. The molecule has 4 N–H and O–H groups in total.